The molecule has 9 heteroatoms. The van der Waals surface area contributed by atoms with Crippen molar-refractivity contribution in [1.29, 1.82) is 0 Å². The van der Waals surface area contributed by atoms with E-state index < -0.39 is 0 Å². The molecule has 0 N–H and O–H groups in total. The van der Waals surface area contributed by atoms with Crippen molar-refractivity contribution in [2.24, 2.45) is 5.92 Å². The number of carbonyl (C=O) groups excluding carboxylic acids is 2. The molecule has 2 amide bonds. The van der Waals surface area contributed by atoms with Crippen LogP contribution in [0.3, 0.4) is 0 Å². The second-order valence-electron chi connectivity index (χ2n) is 7.58. The van der Waals surface area contributed by atoms with Gasteiger partial charge in [-0.3, -0.25) is 19.0 Å². The van der Waals surface area contributed by atoms with E-state index in [1.165, 1.54) is 17.1 Å². The second-order valence-corrected chi connectivity index (χ2v) is 7.58. The molecule has 1 saturated carbocycles. The fourth-order valence-electron chi connectivity index (χ4n) is 3.47. The Morgan fingerprint density at radius 2 is 1.81 bits per heavy atom. The molecule has 0 spiro atoms. The van der Waals surface area contributed by atoms with Crippen LogP contribution >= 0.6 is 0 Å². The standard InChI is InChI=1S/C18H24N6O3/c1-12(2)24-16-14(9-20-24)18(27)23(11-19-16)10-15(25)21-5-7-22(8-6-21)17(26)13-3-4-13/h9,11-13H,3-8,10H2,1-2H3. The van der Waals surface area contributed by atoms with Gasteiger partial charge in [-0.15, -0.1) is 0 Å². The van der Waals surface area contributed by atoms with Gasteiger partial charge < -0.3 is 9.80 Å². The Balaban J connectivity index is 1.43. The molecular formula is C18H24N6O3. The van der Waals surface area contributed by atoms with Gasteiger partial charge in [0.1, 0.15) is 18.3 Å². The number of hydrogen-bond donors (Lipinski definition) is 0. The van der Waals surface area contributed by atoms with Crippen LogP contribution in [0, 0.1) is 5.92 Å². The minimum Gasteiger partial charge on any atom is -0.339 e. The molecule has 2 aromatic heterocycles. The van der Waals surface area contributed by atoms with Gasteiger partial charge >= 0.3 is 0 Å². The SMILES string of the molecule is CC(C)n1ncc2c(=O)n(CC(=O)N3CCN(C(=O)C4CC4)CC3)cnc21. The molecule has 2 aliphatic rings. The zero-order chi connectivity index (χ0) is 19.1. The van der Waals surface area contributed by atoms with Crippen LogP contribution in [-0.2, 0) is 16.1 Å². The van der Waals surface area contributed by atoms with Gasteiger partial charge in [-0.2, -0.15) is 5.10 Å². The number of piperazine rings is 1. The minimum absolute atomic E-state index is 0.0504. The first-order valence-corrected chi connectivity index (χ1v) is 9.45. The van der Waals surface area contributed by atoms with Gasteiger partial charge in [-0.05, 0) is 26.7 Å². The summed E-state index contributed by atoms with van der Waals surface area (Å²) in [6, 6.07) is 0.0986. The third-order valence-electron chi connectivity index (χ3n) is 5.25. The molecule has 1 aliphatic heterocycles. The van der Waals surface area contributed by atoms with Crippen LogP contribution in [-0.4, -0.2) is 67.1 Å². The van der Waals surface area contributed by atoms with Gasteiger partial charge in [0.2, 0.25) is 11.8 Å². The monoisotopic (exact) mass is 372 g/mol. The first-order chi connectivity index (χ1) is 13.0. The highest BCUT2D eigenvalue weighted by atomic mass is 16.2. The summed E-state index contributed by atoms with van der Waals surface area (Å²) in [6.07, 6.45) is 4.90. The Hall–Kier alpha value is -2.71. The first kappa shape index (κ1) is 17.7. The molecule has 0 atom stereocenters. The third-order valence-corrected chi connectivity index (χ3v) is 5.25. The molecule has 0 aromatic carbocycles. The topological polar surface area (TPSA) is 93.3 Å². The molecule has 9 nitrogen and oxygen atoms in total. The van der Waals surface area contributed by atoms with Crippen molar-refractivity contribution < 1.29 is 9.59 Å². The van der Waals surface area contributed by atoms with Crippen LogP contribution in [0.2, 0.25) is 0 Å². The highest BCUT2D eigenvalue weighted by Crippen LogP contribution is 2.31. The summed E-state index contributed by atoms with van der Waals surface area (Å²) in [5.74, 6) is 0.290. The van der Waals surface area contributed by atoms with Gasteiger partial charge in [0.25, 0.3) is 5.56 Å². The van der Waals surface area contributed by atoms with Crippen LogP contribution in [0.1, 0.15) is 32.7 Å². The van der Waals surface area contributed by atoms with Crippen molar-refractivity contribution >= 4 is 22.8 Å². The van der Waals surface area contributed by atoms with Crippen molar-refractivity contribution in [3.8, 4) is 0 Å². The molecule has 27 heavy (non-hydrogen) atoms. The summed E-state index contributed by atoms with van der Waals surface area (Å²) in [6.45, 7) is 6.03. The van der Waals surface area contributed by atoms with E-state index in [-0.39, 0.29) is 35.9 Å². The second kappa shape index (κ2) is 6.79. The Morgan fingerprint density at radius 3 is 2.44 bits per heavy atom. The molecule has 2 aromatic rings. The number of hydrogen-bond acceptors (Lipinski definition) is 5. The van der Waals surface area contributed by atoms with E-state index in [1.807, 2.05) is 18.7 Å². The number of carbonyl (C=O) groups is 2. The molecule has 1 saturated heterocycles. The summed E-state index contributed by atoms with van der Waals surface area (Å²) in [5.41, 5.74) is 0.272. The summed E-state index contributed by atoms with van der Waals surface area (Å²) in [7, 11) is 0. The normalized spacial score (nSPS) is 17.7. The van der Waals surface area contributed by atoms with E-state index >= 15 is 0 Å². The van der Waals surface area contributed by atoms with Gasteiger partial charge in [0.05, 0.1) is 6.20 Å². The highest BCUT2D eigenvalue weighted by Gasteiger charge is 2.35. The van der Waals surface area contributed by atoms with E-state index in [0.717, 1.165) is 12.8 Å². The molecule has 0 radical (unpaired) electrons. The number of aromatic nitrogens is 4. The van der Waals surface area contributed by atoms with Gasteiger partial charge in [0, 0.05) is 38.1 Å². The average molecular weight is 372 g/mol. The maximum absolute atomic E-state index is 12.7. The van der Waals surface area contributed by atoms with E-state index in [9.17, 15) is 14.4 Å². The summed E-state index contributed by atoms with van der Waals surface area (Å²) in [5, 5.41) is 4.63. The van der Waals surface area contributed by atoms with E-state index in [1.54, 1.807) is 9.58 Å². The van der Waals surface area contributed by atoms with Crippen molar-refractivity contribution in [3.05, 3.63) is 22.9 Å². The molecule has 2 fully saturated rings. The predicted octanol–water partition coefficient (Wildman–Crippen LogP) is 0.255. The van der Waals surface area contributed by atoms with Gasteiger partial charge in [0.15, 0.2) is 5.65 Å². The highest BCUT2D eigenvalue weighted by molar-refractivity contribution is 5.82. The van der Waals surface area contributed by atoms with Crippen molar-refractivity contribution in [2.75, 3.05) is 26.2 Å². The lowest BCUT2D eigenvalue weighted by atomic mass is 10.2. The molecule has 4 rings (SSSR count). The predicted molar refractivity (Wildman–Crippen MR) is 98.1 cm³/mol. The Labute approximate surface area is 156 Å². The van der Waals surface area contributed by atoms with Gasteiger partial charge in [-0.25, -0.2) is 9.67 Å². The fourth-order valence-corrected chi connectivity index (χ4v) is 3.47. The molecule has 0 unspecified atom stereocenters. The number of amides is 2. The number of nitrogens with zero attached hydrogens (tertiary/aromatic N) is 6. The van der Waals surface area contributed by atoms with E-state index in [4.69, 9.17) is 0 Å². The zero-order valence-corrected chi connectivity index (χ0v) is 15.7. The van der Waals surface area contributed by atoms with E-state index in [0.29, 0.717) is 37.2 Å². The molecular weight excluding hydrogens is 348 g/mol. The number of fused-ring (bicyclic) bond motifs is 1. The smallest absolute Gasteiger partial charge is 0.264 e. The van der Waals surface area contributed by atoms with E-state index in [2.05, 4.69) is 10.1 Å². The maximum Gasteiger partial charge on any atom is 0.264 e. The lowest BCUT2D eigenvalue weighted by molar-refractivity contribution is -0.140. The van der Waals surface area contributed by atoms with Crippen LogP contribution < -0.4 is 5.56 Å². The molecule has 144 valence electrons. The summed E-state index contributed by atoms with van der Waals surface area (Å²) >= 11 is 0. The van der Waals surface area contributed by atoms with Crippen molar-refractivity contribution in [3.63, 3.8) is 0 Å². The largest absolute Gasteiger partial charge is 0.339 e. The first-order valence-electron chi connectivity index (χ1n) is 9.45. The van der Waals surface area contributed by atoms with Gasteiger partial charge in [-0.1, -0.05) is 0 Å². The maximum atomic E-state index is 12.7. The van der Waals surface area contributed by atoms with Crippen LogP contribution in [0.5, 0.6) is 0 Å². The van der Waals surface area contributed by atoms with Crippen LogP contribution in [0.25, 0.3) is 11.0 Å². The zero-order valence-electron chi connectivity index (χ0n) is 15.7. The Bertz CT molecular complexity index is 934. The summed E-state index contributed by atoms with van der Waals surface area (Å²) < 4.78 is 3.03. The van der Waals surface area contributed by atoms with Crippen LogP contribution in [0.15, 0.2) is 17.3 Å². The molecule has 0 bridgehead atoms. The minimum atomic E-state index is -0.261. The average Bonchev–Trinajstić information content (AvgIpc) is 3.42. The van der Waals surface area contributed by atoms with Crippen LogP contribution in [0.4, 0.5) is 0 Å². The molecule has 3 heterocycles. The Kier molecular flexibility index (Phi) is 4.45. The lowest BCUT2D eigenvalue weighted by Crippen LogP contribution is -2.52. The Morgan fingerprint density at radius 1 is 1.15 bits per heavy atom. The quantitative estimate of drug-likeness (QED) is 0.767. The fraction of sp³-hybridized carbons (Fsp3) is 0.611. The van der Waals surface area contributed by atoms with Crippen molar-refractivity contribution in [1.82, 2.24) is 29.1 Å². The molecule has 1 aliphatic carbocycles. The van der Waals surface area contributed by atoms with Crippen molar-refractivity contribution in [2.45, 2.75) is 39.3 Å². The summed E-state index contributed by atoms with van der Waals surface area (Å²) in [4.78, 5) is 45.3. The third kappa shape index (κ3) is 3.33. The lowest BCUT2D eigenvalue weighted by Gasteiger charge is -2.35. The number of rotatable bonds is 4.